The van der Waals surface area contributed by atoms with Crippen LogP contribution in [0.1, 0.15) is 5.56 Å². The number of aromatic nitrogens is 4. The lowest BCUT2D eigenvalue weighted by Crippen LogP contribution is -2.11. The fourth-order valence-electron chi connectivity index (χ4n) is 2.21. The van der Waals surface area contributed by atoms with E-state index >= 15 is 0 Å². The molecule has 0 radical (unpaired) electrons. The Hall–Kier alpha value is -2.81. The number of nitrogens with one attached hydrogen (secondary N) is 1. The number of benzene rings is 1. The first-order chi connectivity index (χ1) is 11.5. The predicted molar refractivity (Wildman–Crippen MR) is 88.3 cm³/mol. The molecule has 0 fully saturated rings. The van der Waals surface area contributed by atoms with E-state index in [0.29, 0.717) is 12.2 Å². The van der Waals surface area contributed by atoms with Crippen LogP contribution < -0.4 is 9.46 Å². The van der Waals surface area contributed by atoms with Crippen molar-refractivity contribution >= 4 is 15.7 Å². The fraction of sp³-hybridized carbons (Fsp3) is 0.200. The van der Waals surface area contributed by atoms with Gasteiger partial charge in [0.25, 0.3) is 10.0 Å². The number of methoxy groups -OCH3 is 1. The van der Waals surface area contributed by atoms with E-state index in [1.165, 1.54) is 23.3 Å². The lowest BCUT2D eigenvalue weighted by molar-refractivity contribution is 0.414. The summed E-state index contributed by atoms with van der Waals surface area (Å²) in [7, 11) is -0.402. The van der Waals surface area contributed by atoms with Crippen LogP contribution in [0.3, 0.4) is 0 Å². The van der Waals surface area contributed by atoms with Gasteiger partial charge < -0.3 is 4.74 Å². The van der Waals surface area contributed by atoms with Gasteiger partial charge in [-0.1, -0.05) is 12.1 Å². The number of anilines is 1. The van der Waals surface area contributed by atoms with Gasteiger partial charge in [-0.15, -0.1) is 0 Å². The van der Waals surface area contributed by atoms with E-state index in [9.17, 15) is 8.42 Å². The Kier molecular flexibility index (Phi) is 4.26. The van der Waals surface area contributed by atoms with Crippen molar-refractivity contribution in [3.05, 3.63) is 54.6 Å². The van der Waals surface area contributed by atoms with Crippen LogP contribution in [-0.2, 0) is 23.6 Å². The van der Waals surface area contributed by atoms with Crippen LogP contribution in [0.15, 0.2) is 53.9 Å². The van der Waals surface area contributed by atoms with E-state index in [4.69, 9.17) is 4.74 Å². The molecule has 9 heteroatoms. The van der Waals surface area contributed by atoms with Gasteiger partial charge in [-0.25, -0.2) is 8.42 Å². The number of ether oxygens (including phenoxy) is 1. The average molecular weight is 347 g/mol. The van der Waals surface area contributed by atoms with Crippen molar-refractivity contribution in [2.75, 3.05) is 11.8 Å². The van der Waals surface area contributed by atoms with Crippen LogP contribution in [0.2, 0.25) is 0 Å². The minimum Gasteiger partial charge on any atom is -0.497 e. The molecule has 1 N–H and O–H groups in total. The van der Waals surface area contributed by atoms with E-state index in [2.05, 4.69) is 14.9 Å². The first-order valence-electron chi connectivity index (χ1n) is 7.13. The first-order valence-corrected chi connectivity index (χ1v) is 8.61. The lowest BCUT2D eigenvalue weighted by atomic mass is 10.2. The molecule has 24 heavy (non-hydrogen) atoms. The van der Waals surface area contributed by atoms with Crippen molar-refractivity contribution in [1.29, 1.82) is 0 Å². The molecule has 126 valence electrons. The Morgan fingerprint density at radius 3 is 2.75 bits per heavy atom. The average Bonchev–Trinajstić information content (AvgIpc) is 3.16. The second-order valence-corrected chi connectivity index (χ2v) is 6.92. The summed E-state index contributed by atoms with van der Waals surface area (Å²) in [6.07, 6.45) is 5.83. The Bertz CT molecular complexity index is 945. The molecule has 0 amide bonds. The second kappa shape index (κ2) is 6.36. The number of sulfonamides is 1. The van der Waals surface area contributed by atoms with E-state index in [1.807, 2.05) is 24.3 Å². The van der Waals surface area contributed by atoms with Crippen molar-refractivity contribution in [2.24, 2.45) is 7.05 Å². The Morgan fingerprint density at radius 2 is 2.04 bits per heavy atom. The maximum Gasteiger partial charge on any atom is 0.265 e. The van der Waals surface area contributed by atoms with Crippen molar-refractivity contribution in [1.82, 2.24) is 19.6 Å². The van der Waals surface area contributed by atoms with Crippen LogP contribution in [0.5, 0.6) is 5.75 Å². The van der Waals surface area contributed by atoms with Crippen molar-refractivity contribution in [3.63, 3.8) is 0 Å². The third-order valence-electron chi connectivity index (χ3n) is 3.36. The van der Waals surface area contributed by atoms with Gasteiger partial charge in [0, 0.05) is 19.4 Å². The highest BCUT2D eigenvalue weighted by Gasteiger charge is 2.17. The quantitative estimate of drug-likeness (QED) is 0.729. The Balaban J connectivity index is 1.73. The van der Waals surface area contributed by atoms with Gasteiger partial charge in [-0.05, 0) is 17.7 Å². The van der Waals surface area contributed by atoms with E-state index in [-0.39, 0.29) is 4.90 Å². The zero-order valence-corrected chi connectivity index (χ0v) is 14.1. The number of aryl methyl sites for hydroxylation is 1. The molecule has 0 spiro atoms. The van der Waals surface area contributed by atoms with Gasteiger partial charge in [-0.2, -0.15) is 10.2 Å². The summed E-state index contributed by atoms with van der Waals surface area (Å²) in [4.78, 5) is 0.102. The summed E-state index contributed by atoms with van der Waals surface area (Å²) in [5.74, 6) is 0.761. The van der Waals surface area contributed by atoms with Crippen LogP contribution in [0.4, 0.5) is 5.69 Å². The molecule has 0 saturated carbocycles. The largest absolute Gasteiger partial charge is 0.497 e. The van der Waals surface area contributed by atoms with Gasteiger partial charge in [0.2, 0.25) is 0 Å². The molecule has 0 unspecified atom stereocenters. The topological polar surface area (TPSA) is 91.0 Å². The molecular formula is C15H17N5O3S. The summed E-state index contributed by atoms with van der Waals surface area (Å²) >= 11 is 0. The van der Waals surface area contributed by atoms with Crippen molar-refractivity contribution < 1.29 is 13.2 Å². The number of nitrogens with zero attached hydrogens (tertiary/aromatic N) is 4. The van der Waals surface area contributed by atoms with Gasteiger partial charge in [-0.3, -0.25) is 14.1 Å². The third-order valence-corrected chi connectivity index (χ3v) is 4.69. The first kappa shape index (κ1) is 16.1. The molecule has 8 nitrogen and oxygen atoms in total. The molecule has 2 heterocycles. The molecule has 1 aromatic carbocycles. The maximum absolute atomic E-state index is 12.2. The molecule has 0 aliphatic heterocycles. The second-order valence-electron chi connectivity index (χ2n) is 5.23. The zero-order chi connectivity index (χ0) is 17.2. The third kappa shape index (κ3) is 3.57. The van der Waals surface area contributed by atoms with Gasteiger partial charge in [0.05, 0.1) is 31.7 Å². The molecule has 0 aliphatic carbocycles. The highest BCUT2D eigenvalue weighted by Crippen LogP contribution is 2.17. The minimum atomic E-state index is -3.67. The van der Waals surface area contributed by atoms with Crippen molar-refractivity contribution in [3.8, 4) is 5.75 Å². The summed E-state index contributed by atoms with van der Waals surface area (Å²) < 4.78 is 35.2. The Labute approximate surface area is 139 Å². The summed E-state index contributed by atoms with van der Waals surface area (Å²) in [5.41, 5.74) is 1.39. The molecule has 3 rings (SSSR count). The van der Waals surface area contributed by atoms with Gasteiger partial charge >= 0.3 is 0 Å². The Morgan fingerprint density at radius 1 is 1.21 bits per heavy atom. The number of rotatable bonds is 6. The molecule has 0 aliphatic rings. The maximum atomic E-state index is 12.2. The molecule has 3 aromatic rings. The molecule has 2 aromatic heterocycles. The minimum absolute atomic E-state index is 0.102. The normalized spacial score (nSPS) is 11.4. The fourth-order valence-corrected chi connectivity index (χ4v) is 3.22. The lowest BCUT2D eigenvalue weighted by Gasteiger charge is -2.05. The van der Waals surface area contributed by atoms with Crippen LogP contribution >= 0.6 is 0 Å². The molecule has 0 atom stereocenters. The number of hydrogen-bond acceptors (Lipinski definition) is 5. The molecular weight excluding hydrogens is 330 g/mol. The highest BCUT2D eigenvalue weighted by molar-refractivity contribution is 7.92. The zero-order valence-electron chi connectivity index (χ0n) is 13.2. The summed E-state index contributed by atoms with van der Waals surface area (Å²) in [6, 6.07) is 7.61. The summed E-state index contributed by atoms with van der Waals surface area (Å²) in [5, 5.41) is 8.04. The molecule has 0 bridgehead atoms. The van der Waals surface area contributed by atoms with Crippen molar-refractivity contribution in [2.45, 2.75) is 11.4 Å². The van der Waals surface area contributed by atoms with Crippen LogP contribution in [0.25, 0.3) is 0 Å². The molecule has 0 saturated heterocycles. The SMILES string of the molecule is COc1cccc(Cn2cc(NS(=O)(=O)c3cnn(C)c3)cn2)c1. The number of hydrogen-bond donors (Lipinski definition) is 1. The van der Waals surface area contributed by atoms with E-state index in [0.717, 1.165) is 11.3 Å². The summed E-state index contributed by atoms with van der Waals surface area (Å²) in [6.45, 7) is 0.506. The van der Waals surface area contributed by atoms with E-state index < -0.39 is 10.0 Å². The van der Waals surface area contributed by atoms with Gasteiger partial charge in [0.1, 0.15) is 10.6 Å². The monoisotopic (exact) mass is 347 g/mol. The van der Waals surface area contributed by atoms with Gasteiger partial charge in [0.15, 0.2) is 0 Å². The van der Waals surface area contributed by atoms with Crippen LogP contribution in [-0.4, -0.2) is 35.1 Å². The van der Waals surface area contributed by atoms with Crippen LogP contribution in [0, 0.1) is 0 Å². The van der Waals surface area contributed by atoms with E-state index in [1.54, 1.807) is 25.0 Å². The standard InChI is InChI=1S/C15H17N5O3S/c1-19-11-15(8-16-19)24(21,22)18-13-7-17-20(10-13)9-12-4-3-5-14(6-12)23-2/h3-8,10-11,18H,9H2,1-2H3. The predicted octanol–water partition coefficient (Wildman–Crippen LogP) is 1.47. The highest BCUT2D eigenvalue weighted by atomic mass is 32.2. The smallest absolute Gasteiger partial charge is 0.265 e.